The normalized spacial score (nSPS) is 9.40. The fraction of sp³-hybridized carbons (Fsp3) is 0.167. The highest BCUT2D eigenvalue weighted by Gasteiger charge is 2.00. The molecule has 2 nitrogen and oxygen atoms in total. The van der Waals surface area contributed by atoms with E-state index in [1.807, 2.05) is 0 Å². The summed E-state index contributed by atoms with van der Waals surface area (Å²) in [5.74, 6) is -0.437. The Morgan fingerprint density at radius 1 is 1.70 bits per heavy atom. The second-order valence-electron chi connectivity index (χ2n) is 1.69. The van der Waals surface area contributed by atoms with Gasteiger partial charge < -0.3 is 9.72 Å². The van der Waals surface area contributed by atoms with Gasteiger partial charge in [0, 0.05) is 6.20 Å². The van der Waals surface area contributed by atoms with Crippen LogP contribution in [0.1, 0.15) is 0 Å². The van der Waals surface area contributed by atoms with Gasteiger partial charge in [-0.05, 0) is 6.07 Å². The van der Waals surface area contributed by atoms with Crippen molar-refractivity contribution in [1.29, 1.82) is 0 Å². The molecule has 1 N–H and O–H groups in total. The number of ether oxygens (including phenoxy) is 1. The molecule has 1 rings (SSSR count). The maximum absolute atomic E-state index is 12.7. The van der Waals surface area contributed by atoms with Crippen LogP contribution in [0.25, 0.3) is 0 Å². The summed E-state index contributed by atoms with van der Waals surface area (Å²) < 4.78 is 17.5. The van der Waals surface area contributed by atoms with Crippen molar-refractivity contribution < 1.29 is 9.13 Å². The largest absolute Gasteiger partial charge is 0.480 e. The molecule has 0 saturated heterocycles. The van der Waals surface area contributed by atoms with Gasteiger partial charge in [0.1, 0.15) is 0 Å². The zero-order chi connectivity index (χ0) is 7.56. The molecule has 0 aliphatic rings. The molecular formula is C6H6FNOS. The van der Waals surface area contributed by atoms with E-state index in [-0.39, 0.29) is 10.4 Å². The van der Waals surface area contributed by atoms with Gasteiger partial charge in [-0.2, -0.15) is 4.39 Å². The molecule has 0 atom stereocenters. The van der Waals surface area contributed by atoms with Gasteiger partial charge in [-0.15, -0.1) is 0 Å². The van der Waals surface area contributed by atoms with Gasteiger partial charge in [-0.3, -0.25) is 0 Å². The Morgan fingerprint density at radius 3 is 2.90 bits per heavy atom. The molecule has 0 saturated carbocycles. The van der Waals surface area contributed by atoms with E-state index < -0.39 is 5.82 Å². The quantitative estimate of drug-likeness (QED) is 0.633. The molecule has 0 aromatic carbocycles. The third-order valence-electron chi connectivity index (χ3n) is 1.07. The second-order valence-corrected chi connectivity index (χ2v) is 2.13. The highest BCUT2D eigenvalue weighted by molar-refractivity contribution is 7.71. The summed E-state index contributed by atoms with van der Waals surface area (Å²) in [4.78, 5) is 2.56. The second kappa shape index (κ2) is 2.79. The fourth-order valence-corrected chi connectivity index (χ4v) is 0.751. The number of pyridine rings is 1. The Labute approximate surface area is 62.7 Å². The number of hydrogen-bond donors (Lipinski definition) is 1. The molecule has 0 amide bonds. The van der Waals surface area contributed by atoms with E-state index in [1.54, 1.807) is 0 Å². The van der Waals surface area contributed by atoms with E-state index >= 15 is 0 Å². The van der Waals surface area contributed by atoms with Gasteiger partial charge in [0.15, 0.2) is 0 Å². The van der Waals surface area contributed by atoms with Gasteiger partial charge in [0.2, 0.25) is 11.7 Å². The fourth-order valence-electron chi connectivity index (χ4n) is 0.590. The molecule has 0 aliphatic heterocycles. The number of H-pyrrole nitrogens is 1. The summed E-state index contributed by atoms with van der Waals surface area (Å²) in [6.07, 6.45) is 1.53. The molecule has 54 valence electrons. The Balaban J connectivity index is 3.28. The smallest absolute Gasteiger partial charge is 0.229 e. The molecule has 1 heterocycles. The lowest BCUT2D eigenvalue weighted by atomic mass is 10.5. The lowest BCUT2D eigenvalue weighted by Crippen LogP contribution is -1.90. The average Bonchev–Trinajstić information content (AvgIpc) is 1.95. The molecule has 0 radical (unpaired) electrons. The van der Waals surface area contributed by atoms with E-state index in [9.17, 15) is 4.39 Å². The van der Waals surface area contributed by atoms with Crippen LogP contribution < -0.4 is 4.74 Å². The summed E-state index contributed by atoms with van der Waals surface area (Å²) in [6.45, 7) is 0. The highest BCUT2D eigenvalue weighted by Crippen LogP contribution is 2.11. The molecule has 1 aromatic rings. The van der Waals surface area contributed by atoms with Crippen LogP contribution in [0.5, 0.6) is 5.88 Å². The Hall–Kier alpha value is -0.900. The van der Waals surface area contributed by atoms with E-state index in [1.165, 1.54) is 19.4 Å². The number of aromatic amines is 1. The number of nitrogens with one attached hydrogen (secondary N) is 1. The standard InChI is InChI=1S/C6H6FNOS/c1-9-6-5(7)4(10)2-3-8-6/h2-3H,1H3,(H,8,10). The van der Waals surface area contributed by atoms with Crippen LogP contribution in [0.2, 0.25) is 0 Å². The summed E-state index contributed by atoms with van der Waals surface area (Å²) in [5.41, 5.74) is 0. The third-order valence-corrected chi connectivity index (χ3v) is 1.38. The Morgan fingerprint density at radius 2 is 2.40 bits per heavy atom. The number of halogens is 1. The van der Waals surface area contributed by atoms with Crippen LogP contribution in [0.3, 0.4) is 0 Å². The maximum atomic E-state index is 12.7. The van der Waals surface area contributed by atoms with Gasteiger partial charge in [-0.25, -0.2) is 0 Å². The summed E-state index contributed by atoms with van der Waals surface area (Å²) in [6, 6.07) is 1.47. The van der Waals surface area contributed by atoms with Crippen molar-refractivity contribution in [2.24, 2.45) is 0 Å². The van der Waals surface area contributed by atoms with Crippen molar-refractivity contribution in [3.63, 3.8) is 0 Å². The Kier molecular flexibility index (Phi) is 2.01. The predicted molar refractivity (Wildman–Crippen MR) is 38.1 cm³/mol. The molecule has 0 aliphatic carbocycles. The maximum Gasteiger partial charge on any atom is 0.229 e. The minimum Gasteiger partial charge on any atom is -0.480 e. The van der Waals surface area contributed by atoms with Gasteiger partial charge in [-0.1, -0.05) is 12.2 Å². The molecule has 0 fully saturated rings. The van der Waals surface area contributed by atoms with Crippen molar-refractivity contribution in [3.05, 3.63) is 22.6 Å². The first-order valence-corrected chi connectivity index (χ1v) is 3.07. The minimum absolute atomic E-state index is 0.0764. The topological polar surface area (TPSA) is 25.0 Å². The zero-order valence-electron chi connectivity index (χ0n) is 5.35. The predicted octanol–water partition coefficient (Wildman–Crippen LogP) is 1.89. The molecule has 10 heavy (non-hydrogen) atoms. The first-order valence-electron chi connectivity index (χ1n) is 2.67. The van der Waals surface area contributed by atoms with E-state index in [0.29, 0.717) is 0 Å². The first kappa shape index (κ1) is 7.21. The molecule has 0 bridgehead atoms. The van der Waals surface area contributed by atoms with Crippen LogP contribution in [0.15, 0.2) is 12.3 Å². The van der Waals surface area contributed by atoms with Crippen LogP contribution in [-0.2, 0) is 0 Å². The van der Waals surface area contributed by atoms with Crippen LogP contribution in [-0.4, -0.2) is 12.1 Å². The van der Waals surface area contributed by atoms with Crippen molar-refractivity contribution in [2.45, 2.75) is 0 Å². The van der Waals surface area contributed by atoms with Gasteiger partial charge >= 0.3 is 0 Å². The van der Waals surface area contributed by atoms with E-state index in [4.69, 9.17) is 0 Å². The number of rotatable bonds is 1. The monoisotopic (exact) mass is 159 g/mol. The third kappa shape index (κ3) is 1.16. The molecule has 0 spiro atoms. The van der Waals surface area contributed by atoms with Gasteiger partial charge in [0.05, 0.1) is 11.6 Å². The van der Waals surface area contributed by atoms with E-state index in [0.717, 1.165) is 0 Å². The SMILES string of the molecule is COc1[nH]ccc(=S)c1F. The summed E-state index contributed by atoms with van der Waals surface area (Å²) in [7, 11) is 1.38. The number of aromatic nitrogens is 1. The minimum atomic E-state index is -0.514. The van der Waals surface area contributed by atoms with Crippen LogP contribution in [0.4, 0.5) is 4.39 Å². The van der Waals surface area contributed by atoms with Crippen molar-refractivity contribution in [2.75, 3.05) is 7.11 Å². The molecular weight excluding hydrogens is 153 g/mol. The van der Waals surface area contributed by atoms with Crippen LogP contribution in [0, 0.1) is 10.3 Å². The molecule has 0 unspecified atom stereocenters. The van der Waals surface area contributed by atoms with Gasteiger partial charge in [0.25, 0.3) is 0 Å². The number of methoxy groups -OCH3 is 1. The summed E-state index contributed by atoms with van der Waals surface area (Å²) in [5, 5.41) is 0. The first-order chi connectivity index (χ1) is 4.75. The highest BCUT2D eigenvalue weighted by atomic mass is 32.1. The van der Waals surface area contributed by atoms with E-state index in [2.05, 4.69) is 21.9 Å². The summed E-state index contributed by atoms with van der Waals surface area (Å²) >= 11 is 4.63. The Bertz CT molecular complexity index is 283. The van der Waals surface area contributed by atoms with Crippen LogP contribution >= 0.6 is 12.2 Å². The lowest BCUT2D eigenvalue weighted by Gasteiger charge is -1.98. The molecule has 4 heteroatoms. The van der Waals surface area contributed by atoms with Crippen molar-refractivity contribution in [3.8, 4) is 5.88 Å². The van der Waals surface area contributed by atoms with Crippen molar-refractivity contribution >= 4 is 12.2 Å². The zero-order valence-corrected chi connectivity index (χ0v) is 6.17. The van der Waals surface area contributed by atoms with Crippen molar-refractivity contribution in [1.82, 2.24) is 4.98 Å². The molecule has 1 aromatic heterocycles. The lowest BCUT2D eigenvalue weighted by molar-refractivity contribution is 0.368. The number of hydrogen-bond acceptors (Lipinski definition) is 2. The average molecular weight is 159 g/mol.